The third-order valence-electron chi connectivity index (χ3n) is 6.66. The third kappa shape index (κ3) is 0.992. The molecule has 1 aliphatic heterocycles. The minimum atomic E-state index is 0.482. The summed E-state index contributed by atoms with van der Waals surface area (Å²) in [4.78, 5) is 0. The molecule has 2 spiro atoms. The van der Waals surface area contributed by atoms with Crippen molar-refractivity contribution >= 4 is 0 Å². The van der Waals surface area contributed by atoms with Gasteiger partial charge in [-0.1, -0.05) is 18.9 Å². The Bertz CT molecular complexity index is 568. The van der Waals surface area contributed by atoms with Crippen molar-refractivity contribution in [3.05, 3.63) is 29.3 Å². The third-order valence-corrected chi connectivity index (χ3v) is 6.66. The van der Waals surface area contributed by atoms with Gasteiger partial charge >= 0.3 is 0 Å². The summed E-state index contributed by atoms with van der Waals surface area (Å²) in [6.07, 6.45) is 7.08. The van der Waals surface area contributed by atoms with Crippen molar-refractivity contribution in [3.63, 3.8) is 0 Å². The maximum Gasteiger partial charge on any atom is 0.119 e. The second-order valence-corrected chi connectivity index (χ2v) is 7.11. The Labute approximate surface area is 114 Å². The Morgan fingerprint density at radius 2 is 2.16 bits per heavy atom. The molecule has 19 heavy (non-hydrogen) atoms. The second kappa shape index (κ2) is 3.17. The Balaban J connectivity index is 1.76. The lowest BCUT2D eigenvalue weighted by atomic mass is 9.59. The normalized spacial score (nSPS) is 45.1. The van der Waals surface area contributed by atoms with Gasteiger partial charge in [0.2, 0.25) is 0 Å². The van der Waals surface area contributed by atoms with Gasteiger partial charge in [-0.15, -0.1) is 0 Å². The minimum absolute atomic E-state index is 0.482. The van der Waals surface area contributed by atoms with Crippen LogP contribution >= 0.6 is 0 Å². The first-order valence-corrected chi connectivity index (χ1v) is 7.73. The van der Waals surface area contributed by atoms with E-state index in [9.17, 15) is 0 Å². The number of benzene rings is 1. The Kier molecular flexibility index (Phi) is 1.79. The number of rotatable bonds is 1. The fourth-order valence-corrected chi connectivity index (χ4v) is 5.98. The van der Waals surface area contributed by atoms with E-state index >= 15 is 0 Å². The van der Waals surface area contributed by atoms with Gasteiger partial charge in [0.05, 0.1) is 7.11 Å². The fraction of sp³-hybridized carbons (Fsp3) is 0.647. The van der Waals surface area contributed by atoms with Gasteiger partial charge in [0.15, 0.2) is 0 Å². The quantitative estimate of drug-likeness (QED) is 0.833. The molecule has 0 amide bonds. The highest BCUT2D eigenvalue weighted by atomic mass is 16.5. The molecule has 2 saturated carbocycles. The molecule has 0 radical (unpaired) electrons. The zero-order valence-corrected chi connectivity index (χ0v) is 11.5. The van der Waals surface area contributed by atoms with Gasteiger partial charge in [0, 0.05) is 23.4 Å². The van der Waals surface area contributed by atoms with Crippen LogP contribution in [0.1, 0.15) is 43.2 Å². The molecule has 100 valence electrons. The molecular formula is C17H21NO. The van der Waals surface area contributed by atoms with Crippen molar-refractivity contribution in [2.24, 2.45) is 5.92 Å². The molecule has 1 aromatic carbocycles. The molecule has 1 N–H and O–H groups in total. The summed E-state index contributed by atoms with van der Waals surface area (Å²) < 4.78 is 5.49. The van der Waals surface area contributed by atoms with E-state index in [0.717, 1.165) is 17.7 Å². The molecule has 1 saturated heterocycles. The summed E-state index contributed by atoms with van der Waals surface area (Å²) in [5, 5.41) is 3.76. The molecular weight excluding hydrogens is 234 g/mol. The highest BCUT2D eigenvalue weighted by molar-refractivity contribution is 5.58. The maximum absolute atomic E-state index is 5.49. The number of ether oxygens (including phenoxy) is 1. The van der Waals surface area contributed by atoms with Crippen LogP contribution in [0.5, 0.6) is 5.75 Å². The number of fused-ring (bicyclic) bond motifs is 2. The summed E-state index contributed by atoms with van der Waals surface area (Å²) in [5.41, 5.74) is 4.26. The van der Waals surface area contributed by atoms with Crippen molar-refractivity contribution in [2.75, 3.05) is 13.7 Å². The Hall–Kier alpha value is -1.02. The van der Waals surface area contributed by atoms with Crippen LogP contribution in [0.3, 0.4) is 0 Å². The van der Waals surface area contributed by atoms with Crippen LogP contribution in [0.15, 0.2) is 18.2 Å². The summed E-state index contributed by atoms with van der Waals surface area (Å²) in [6, 6.07) is 7.66. The van der Waals surface area contributed by atoms with Crippen molar-refractivity contribution in [2.45, 2.75) is 49.0 Å². The molecule has 3 fully saturated rings. The summed E-state index contributed by atoms with van der Waals surface area (Å²) >= 11 is 0. The van der Waals surface area contributed by atoms with E-state index in [1.807, 2.05) is 0 Å². The molecule has 2 bridgehead atoms. The SMILES string of the molecule is COc1ccc2c(c1)C13CCCCC1C1NC[C@]21C3. The van der Waals surface area contributed by atoms with Crippen LogP contribution in [0.25, 0.3) is 0 Å². The number of hydrogen-bond acceptors (Lipinski definition) is 2. The van der Waals surface area contributed by atoms with Crippen molar-refractivity contribution in [3.8, 4) is 5.75 Å². The maximum atomic E-state index is 5.49. The highest BCUT2D eigenvalue weighted by Crippen LogP contribution is 2.70. The average Bonchev–Trinajstić information content (AvgIpc) is 2.83. The zero-order chi connectivity index (χ0) is 12.7. The van der Waals surface area contributed by atoms with Gasteiger partial charge < -0.3 is 10.1 Å². The van der Waals surface area contributed by atoms with E-state index in [2.05, 4.69) is 23.5 Å². The number of hydrogen-bond donors (Lipinski definition) is 1. The van der Waals surface area contributed by atoms with Crippen LogP contribution in [0.4, 0.5) is 0 Å². The highest BCUT2D eigenvalue weighted by Gasteiger charge is 2.71. The molecule has 5 rings (SSSR count). The standard InChI is InChI=1S/C17H21NO/c1-19-11-5-6-12-14(8-11)16-7-3-2-4-13(16)15-17(12,9-16)10-18-15/h5-6,8,13,15,18H,2-4,7,9-10H2,1H3/t13?,15?,16?,17-/m1/s1. The smallest absolute Gasteiger partial charge is 0.119 e. The monoisotopic (exact) mass is 255 g/mol. The van der Waals surface area contributed by atoms with Crippen LogP contribution < -0.4 is 10.1 Å². The van der Waals surface area contributed by atoms with Crippen LogP contribution in [0, 0.1) is 5.92 Å². The Morgan fingerprint density at radius 1 is 1.21 bits per heavy atom. The van der Waals surface area contributed by atoms with E-state index in [-0.39, 0.29) is 0 Å². The van der Waals surface area contributed by atoms with Gasteiger partial charge in [-0.2, -0.15) is 0 Å². The lowest BCUT2D eigenvalue weighted by Gasteiger charge is -2.53. The predicted octanol–water partition coefficient (Wildman–Crippen LogP) is 2.75. The first kappa shape index (κ1) is 10.7. The molecule has 4 aliphatic rings. The van der Waals surface area contributed by atoms with Crippen LogP contribution in [-0.4, -0.2) is 19.7 Å². The fourth-order valence-electron chi connectivity index (χ4n) is 5.98. The van der Waals surface area contributed by atoms with E-state index < -0.39 is 0 Å². The summed E-state index contributed by atoms with van der Waals surface area (Å²) in [7, 11) is 1.79. The van der Waals surface area contributed by atoms with Crippen molar-refractivity contribution in [1.29, 1.82) is 0 Å². The molecule has 4 atom stereocenters. The van der Waals surface area contributed by atoms with Gasteiger partial charge in [0.1, 0.15) is 5.75 Å². The minimum Gasteiger partial charge on any atom is -0.497 e. The molecule has 1 aromatic rings. The lowest BCUT2D eigenvalue weighted by Crippen LogP contribution is -2.66. The van der Waals surface area contributed by atoms with Crippen molar-refractivity contribution in [1.82, 2.24) is 5.32 Å². The van der Waals surface area contributed by atoms with E-state index in [4.69, 9.17) is 4.74 Å². The first-order valence-electron chi connectivity index (χ1n) is 7.73. The van der Waals surface area contributed by atoms with Crippen LogP contribution in [0.2, 0.25) is 0 Å². The largest absolute Gasteiger partial charge is 0.497 e. The van der Waals surface area contributed by atoms with Crippen molar-refractivity contribution < 1.29 is 4.74 Å². The van der Waals surface area contributed by atoms with Gasteiger partial charge in [-0.3, -0.25) is 0 Å². The number of methoxy groups -OCH3 is 1. The zero-order valence-electron chi connectivity index (χ0n) is 11.5. The molecule has 1 heterocycles. The lowest BCUT2D eigenvalue weighted by molar-refractivity contribution is 0.133. The Morgan fingerprint density at radius 3 is 2.95 bits per heavy atom. The van der Waals surface area contributed by atoms with Gasteiger partial charge in [-0.05, 0) is 48.4 Å². The summed E-state index contributed by atoms with van der Waals surface area (Å²) in [6.45, 7) is 1.20. The van der Waals surface area contributed by atoms with Gasteiger partial charge in [-0.25, -0.2) is 0 Å². The summed E-state index contributed by atoms with van der Waals surface area (Å²) in [5.74, 6) is 1.93. The molecule has 3 aliphatic carbocycles. The van der Waals surface area contributed by atoms with E-state index in [0.29, 0.717) is 10.8 Å². The molecule has 0 aromatic heterocycles. The van der Waals surface area contributed by atoms with E-state index in [1.54, 1.807) is 18.2 Å². The average molecular weight is 255 g/mol. The molecule has 2 heteroatoms. The van der Waals surface area contributed by atoms with Crippen LogP contribution in [-0.2, 0) is 10.8 Å². The topological polar surface area (TPSA) is 21.3 Å². The van der Waals surface area contributed by atoms with Gasteiger partial charge in [0.25, 0.3) is 0 Å². The second-order valence-electron chi connectivity index (χ2n) is 7.11. The molecule has 3 unspecified atom stereocenters. The predicted molar refractivity (Wildman–Crippen MR) is 74.7 cm³/mol. The number of nitrogens with one attached hydrogen (secondary N) is 1. The molecule has 2 nitrogen and oxygen atoms in total. The van der Waals surface area contributed by atoms with E-state index in [1.165, 1.54) is 38.6 Å². The first-order chi connectivity index (χ1) is 9.30.